The van der Waals surface area contributed by atoms with Gasteiger partial charge in [-0.15, -0.1) is 24.0 Å². The van der Waals surface area contributed by atoms with Crippen LogP contribution in [-0.2, 0) is 0 Å². The standard InChI is InChI=1S/C20H41N5.HI/c1-6-25-12-8-10-19(25)16-23(5)20(21-4)22-13-18-9-7-11-24(15-18)14-17(2)3;/h17-19H,6-16H2,1-5H3,(H,21,22);1H. The largest absolute Gasteiger partial charge is 0.356 e. The molecule has 0 aromatic rings. The molecule has 6 heteroatoms. The van der Waals surface area contributed by atoms with Crippen LogP contribution in [0.3, 0.4) is 0 Å². The molecule has 0 spiro atoms. The first-order valence-electron chi connectivity index (χ1n) is 10.4. The fourth-order valence-electron chi connectivity index (χ4n) is 4.54. The molecule has 0 aliphatic carbocycles. The van der Waals surface area contributed by atoms with E-state index < -0.39 is 0 Å². The van der Waals surface area contributed by atoms with Gasteiger partial charge in [0.1, 0.15) is 0 Å². The van der Waals surface area contributed by atoms with E-state index in [4.69, 9.17) is 0 Å². The molecule has 1 N–H and O–H groups in total. The quantitative estimate of drug-likeness (QED) is 0.346. The lowest BCUT2D eigenvalue weighted by Gasteiger charge is -2.35. The summed E-state index contributed by atoms with van der Waals surface area (Å²) in [5, 5.41) is 3.65. The van der Waals surface area contributed by atoms with E-state index in [1.54, 1.807) is 0 Å². The fraction of sp³-hybridized carbons (Fsp3) is 0.950. The number of hydrogen-bond acceptors (Lipinski definition) is 3. The van der Waals surface area contributed by atoms with Gasteiger partial charge in [-0.1, -0.05) is 20.8 Å². The molecule has 2 aliphatic rings. The molecule has 0 amide bonds. The second kappa shape index (κ2) is 12.4. The fourth-order valence-corrected chi connectivity index (χ4v) is 4.54. The smallest absolute Gasteiger partial charge is 0.193 e. The molecule has 0 bridgehead atoms. The first-order chi connectivity index (χ1) is 12.0. The molecule has 2 aliphatic heterocycles. The summed E-state index contributed by atoms with van der Waals surface area (Å²) in [5.41, 5.74) is 0. The van der Waals surface area contributed by atoms with Crippen molar-refractivity contribution in [3.63, 3.8) is 0 Å². The molecule has 0 radical (unpaired) electrons. The Hall–Kier alpha value is -0.0800. The third-order valence-corrected chi connectivity index (χ3v) is 5.74. The Bertz CT molecular complexity index is 415. The zero-order valence-electron chi connectivity index (χ0n) is 17.7. The van der Waals surface area contributed by atoms with Gasteiger partial charge in [0, 0.05) is 46.3 Å². The summed E-state index contributed by atoms with van der Waals surface area (Å²) < 4.78 is 0. The maximum atomic E-state index is 4.53. The molecule has 0 aromatic carbocycles. The highest BCUT2D eigenvalue weighted by Crippen LogP contribution is 2.18. The number of piperidine rings is 1. The normalized spacial score (nSPS) is 25.4. The van der Waals surface area contributed by atoms with Crippen LogP contribution in [0, 0.1) is 11.8 Å². The summed E-state index contributed by atoms with van der Waals surface area (Å²) in [6.07, 6.45) is 5.34. The van der Waals surface area contributed by atoms with Crippen molar-refractivity contribution in [3.8, 4) is 0 Å². The number of halogens is 1. The summed E-state index contributed by atoms with van der Waals surface area (Å²) in [5.74, 6) is 2.57. The lowest BCUT2D eigenvalue weighted by Crippen LogP contribution is -2.48. The average molecular weight is 479 g/mol. The Morgan fingerprint density at radius 1 is 1.23 bits per heavy atom. The highest BCUT2D eigenvalue weighted by atomic mass is 127. The van der Waals surface area contributed by atoms with Crippen LogP contribution >= 0.6 is 24.0 Å². The number of nitrogens with one attached hydrogen (secondary N) is 1. The molecule has 0 aromatic heterocycles. The molecule has 154 valence electrons. The Balaban J connectivity index is 0.00000338. The van der Waals surface area contributed by atoms with Gasteiger partial charge in [0.2, 0.25) is 0 Å². The Morgan fingerprint density at radius 2 is 1.96 bits per heavy atom. The molecular weight excluding hydrogens is 437 g/mol. The third-order valence-electron chi connectivity index (χ3n) is 5.74. The molecule has 2 atom stereocenters. The van der Waals surface area contributed by atoms with E-state index in [2.05, 4.69) is 52.8 Å². The topological polar surface area (TPSA) is 34.1 Å². The van der Waals surface area contributed by atoms with Gasteiger partial charge in [-0.25, -0.2) is 0 Å². The SMILES string of the molecule is CCN1CCCC1CN(C)C(=NC)NCC1CCCN(CC(C)C)C1.I. The molecule has 0 saturated carbocycles. The van der Waals surface area contributed by atoms with Crippen LogP contribution in [0.25, 0.3) is 0 Å². The van der Waals surface area contributed by atoms with Gasteiger partial charge in [0.25, 0.3) is 0 Å². The van der Waals surface area contributed by atoms with Gasteiger partial charge >= 0.3 is 0 Å². The number of hydrogen-bond donors (Lipinski definition) is 1. The molecule has 26 heavy (non-hydrogen) atoms. The zero-order valence-corrected chi connectivity index (χ0v) is 20.0. The predicted octanol–water partition coefficient (Wildman–Crippen LogP) is 2.96. The molecule has 2 rings (SSSR count). The molecule has 2 fully saturated rings. The summed E-state index contributed by atoms with van der Waals surface area (Å²) in [6, 6.07) is 0.685. The van der Waals surface area contributed by atoms with Crippen LogP contribution in [0.5, 0.6) is 0 Å². The van der Waals surface area contributed by atoms with E-state index in [0.29, 0.717) is 6.04 Å². The summed E-state index contributed by atoms with van der Waals surface area (Å²) in [6.45, 7) is 15.2. The Morgan fingerprint density at radius 3 is 2.62 bits per heavy atom. The van der Waals surface area contributed by atoms with Crippen LogP contribution in [-0.4, -0.2) is 86.6 Å². The predicted molar refractivity (Wildman–Crippen MR) is 124 cm³/mol. The Labute approximate surface area is 179 Å². The minimum Gasteiger partial charge on any atom is -0.356 e. The number of aliphatic imine (C=N–C) groups is 1. The average Bonchev–Trinajstić information content (AvgIpc) is 3.02. The van der Waals surface area contributed by atoms with Gasteiger partial charge in [0.05, 0.1) is 0 Å². The van der Waals surface area contributed by atoms with Crippen LogP contribution in [0.1, 0.15) is 46.5 Å². The van der Waals surface area contributed by atoms with Gasteiger partial charge < -0.3 is 15.1 Å². The second-order valence-electron chi connectivity index (χ2n) is 8.39. The van der Waals surface area contributed by atoms with E-state index in [1.807, 2.05) is 7.05 Å². The molecule has 2 heterocycles. The van der Waals surface area contributed by atoms with Crippen molar-refractivity contribution in [2.24, 2.45) is 16.8 Å². The van der Waals surface area contributed by atoms with Crippen molar-refractivity contribution in [1.29, 1.82) is 0 Å². The lowest BCUT2D eigenvalue weighted by molar-refractivity contribution is 0.158. The van der Waals surface area contributed by atoms with Crippen molar-refractivity contribution in [3.05, 3.63) is 0 Å². The third kappa shape index (κ3) is 7.50. The van der Waals surface area contributed by atoms with Crippen LogP contribution in [0.2, 0.25) is 0 Å². The van der Waals surface area contributed by atoms with Crippen molar-refractivity contribution < 1.29 is 0 Å². The highest BCUT2D eigenvalue weighted by molar-refractivity contribution is 14.0. The van der Waals surface area contributed by atoms with E-state index in [1.165, 1.54) is 51.9 Å². The molecule has 5 nitrogen and oxygen atoms in total. The number of guanidine groups is 1. The first kappa shape index (κ1) is 24.0. The number of rotatable bonds is 7. The minimum atomic E-state index is 0. The molecular formula is C20H42IN5. The molecule has 2 saturated heterocycles. The van der Waals surface area contributed by atoms with Crippen molar-refractivity contribution >= 4 is 29.9 Å². The Kier molecular flexibility index (Phi) is 11.4. The number of nitrogens with zero attached hydrogens (tertiary/aromatic N) is 4. The summed E-state index contributed by atoms with van der Waals surface area (Å²) in [7, 11) is 4.10. The number of likely N-dealkylation sites (tertiary alicyclic amines) is 2. The number of likely N-dealkylation sites (N-methyl/N-ethyl adjacent to an activating group) is 2. The first-order valence-corrected chi connectivity index (χ1v) is 10.4. The molecule has 2 unspecified atom stereocenters. The zero-order chi connectivity index (χ0) is 18.2. The van der Waals surface area contributed by atoms with Gasteiger partial charge in [-0.3, -0.25) is 9.89 Å². The highest BCUT2D eigenvalue weighted by Gasteiger charge is 2.25. The second-order valence-corrected chi connectivity index (χ2v) is 8.39. The summed E-state index contributed by atoms with van der Waals surface area (Å²) in [4.78, 5) is 12.1. The van der Waals surface area contributed by atoms with E-state index >= 15 is 0 Å². The lowest BCUT2D eigenvalue weighted by atomic mass is 9.97. The maximum Gasteiger partial charge on any atom is 0.193 e. The van der Waals surface area contributed by atoms with Crippen molar-refractivity contribution in [2.75, 3.05) is 59.9 Å². The summed E-state index contributed by atoms with van der Waals surface area (Å²) >= 11 is 0. The van der Waals surface area contributed by atoms with Crippen LogP contribution in [0.15, 0.2) is 4.99 Å². The van der Waals surface area contributed by atoms with Crippen molar-refractivity contribution in [2.45, 2.75) is 52.5 Å². The van der Waals surface area contributed by atoms with Gasteiger partial charge in [-0.05, 0) is 57.2 Å². The van der Waals surface area contributed by atoms with Crippen LogP contribution < -0.4 is 5.32 Å². The van der Waals surface area contributed by atoms with Crippen LogP contribution in [0.4, 0.5) is 0 Å². The van der Waals surface area contributed by atoms with Gasteiger partial charge in [0.15, 0.2) is 5.96 Å². The van der Waals surface area contributed by atoms with E-state index in [0.717, 1.165) is 37.4 Å². The van der Waals surface area contributed by atoms with E-state index in [9.17, 15) is 0 Å². The van der Waals surface area contributed by atoms with E-state index in [-0.39, 0.29) is 24.0 Å². The minimum absolute atomic E-state index is 0. The monoisotopic (exact) mass is 479 g/mol. The van der Waals surface area contributed by atoms with Gasteiger partial charge in [-0.2, -0.15) is 0 Å². The maximum absolute atomic E-state index is 4.53. The van der Waals surface area contributed by atoms with Crippen molar-refractivity contribution in [1.82, 2.24) is 20.0 Å².